The highest BCUT2D eigenvalue weighted by Gasteiger charge is 2.27. The molecule has 2 aromatic rings. The van der Waals surface area contributed by atoms with Gasteiger partial charge < -0.3 is 19.0 Å². The number of ketones is 1. The second kappa shape index (κ2) is 10.7. The summed E-state index contributed by atoms with van der Waals surface area (Å²) < 4.78 is 10.4. The molecule has 0 N–H and O–H groups in total. The molecule has 0 radical (unpaired) electrons. The molecule has 1 aliphatic rings. The smallest absolute Gasteiger partial charge is 0.339 e. The van der Waals surface area contributed by atoms with Crippen molar-refractivity contribution in [3.05, 3.63) is 54.0 Å². The van der Waals surface area contributed by atoms with Gasteiger partial charge in [-0.05, 0) is 24.3 Å². The van der Waals surface area contributed by atoms with Crippen molar-refractivity contribution in [1.29, 1.82) is 0 Å². The topological polar surface area (TPSA) is 97.1 Å². The number of carbonyl (C=O) groups excluding carboxylic acids is 4. The van der Waals surface area contributed by atoms with E-state index < -0.39 is 11.4 Å². The van der Waals surface area contributed by atoms with Crippen LogP contribution in [0.3, 0.4) is 0 Å². The zero-order chi connectivity index (χ0) is 24.0. The van der Waals surface area contributed by atoms with Gasteiger partial charge in [-0.1, -0.05) is 32.9 Å². The first-order chi connectivity index (χ1) is 15.7. The molecule has 1 saturated heterocycles. The number of thioether (sulfide) groups is 1. The van der Waals surface area contributed by atoms with Crippen molar-refractivity contribution in [3.8, 4) is 0 Å². The zero-order valence-corrected chi connectivity index (χ0v) is 19.9. The lowest BCUT2D eigenvalue weighted by Gasteiger charge is -2.34. The minimum atomic E-state index is -0.590. The molecule has 2 amide bonds. The van der Waals surface area contributed by atoms with Gasteiger partial charge in [-0.15, -0.1) is 11.8 Å². The Hall–Kier alpha value is -3.07. The summed E-state index contributed by atoms with van der Waals surface area (Å²) in [5.74, 6) is -0.570. The number of carbonyl (C=O) groups is 4. The SMILES string of the molecule is CC(C)(C)C(=O)COC(=O)c1ccccc1SCC(=O)N1CCN(C(=O)c2ccco2)CC1. The second-order valence-electron chi connectivity index (χ2n) is 8.68. The number of ether oxygens (including phenoxy) is 1. The molecule has 0 bridgehead atoms. The van der Waals surface area contributed by atoms with Gasteiger partial charge in [0.05, 0.1) is 17.6 Å². The van der Waals surface area contributed by atoms with Crippen LogP contribution in [0.2, 0.25) is 0 Å². The molecule has 9 heteroatoms. The first kappa shape index (κ1) is 24.6. The maximum atomic E-state index is 12.7. The Morgan fingerprint density at radius 1 is 0.970 bits per heavy atom. The standard InChI is InChI=1S/C24H28N2O6S/c1-24(2,3)20(27)15-32-23(30)17-7-4-5-9-19(17)33-16-21(28)25-10-12-26(13-11-25)22(29)18-8-6-14-31-18/h4-9,14H,10-13,15-16H2,1-3H3. The van der Waals surface area contributed by atoms with E-state index in [1.165, 1.54) is 18.0 Å². The van der Waals surface area contributed by atoms with Crippen LogP contribution in [-0.4, -0.2) is 71.9 Å². The molecule has 1 aromatic carbocycles. The molecular formula is C24H28N2O6S. The normalized spacial score (nSPS) is 14.2. The molecule has 33 heavy (non-hydrogen) atoms. The Bertz CT molecular complexity index is 1000. The molecule has 0 atom stereocenters. The van der Waals surface area contributed by atoms with Crippen LogP contribution in [0.4, 0.5) is 0 Å². The second-order valence-corrected chi connectivity index (χ2v) is 9.70. The summed E-state index contributed by atoms with van der Waals surface area (Å²) in [4.78, 5) is 53.6. The zero-order valence-electron chi connectivity index (χ0n) is 19.0. The number of furan rings is 1. The van der Waals surface area contributed by atoms with Gasteiger partial charge in [-0.2, -0.15) is 0 Å². The largest absolute Gasteiger partial charge is 0.459 e. The van der Waals surface area contributed by atoms with Gasteiger partial charge in [0.2, 0.25) is 5.91 Å². The van der Waals surface area contributed by atoms with Crippen LogP contribution < -0.4 is 0 Å². The number of benzene rings is 1. The average molecular weight is 473 g/mol. The van der Waals surface area contributed by atoms with Crippen molar-refractivity contribution < 1.29 is 28.3 Å². The lowest BCUT2D eigenvalue weighted by Crippen LogP contribution is -2.51. The molecule has 0 saturated carbocycles. The van der Waals surface area contributed by atoms with Crippen molar-refractivity contribution in [2.45, 2.75) is 25.7 Å². The van der Waals surface area contributed by atoms with E-state index in [2.05, 4.69) is 0 Å². The van der Waals surface area contributed by atoms with E-state index in [0.717, 1.165) is 0 Å². The van der Waals surface area contributed by atoms with Crippen LogP contribution in [0.25, 0.3) is 0 Å². The average Bonchev–Trinajstić information content (AvgIpc) is 3.35. The van der Waals surface area contributed by atoms with Crippen molar-refractivity contribution in [2.24, 2.45) is 5.41 Å². The maximum absolute atomic E-state index is 12.7. The van der Waals surface area contributed by atoms with Crippen molar-refractivity contribution >= 4 is 35.3 Å². The Morgan fingerprint density at radius 3 is 2.27 bits per heavy atom. The Kier molecular flexibility index (Phi) is 7.97. The quantitative estimate of drug-likeness (QED) is 0.451. The molecule has 0 spiro atoms. The highest BCUT2D eigenvalue weighted by atomic mass is 32.2. The van der Waals surface area contributed by atoms with Crippen LogP contribution in [0, 0.1) is 5.41 Å². The van der Waals surface area contributed by atoms with Gasteiger partial charge in [0.1, 0.15) is 0 Å². The van der Waals surface area contributed by atoms with Gasteiger partial charge in [-0.3, -0.25) is 14.4 Å². The molecule has 0 unspecified atom stereocenters. The van der Waals surface area contributed by atoms with Crippen LogP contribution >= 0.6 is 11.8 Å². The molecule has 2 heterocycles. The van der Waals surface area contributed by atoms with Gasteiger partial charge in [0.25, 0.3) is 5.91 Å². The molecule has 176 valence electrons. The lowest BCUT2D eigenvalue weighted by atomic mass is 9.91. The Labute approximate surface area is 197 Å². The third-order valence-corrected chi connectivity index (χ3v) is 6.34. The van der Waals surface area contributed by atoms with Gasteiger partial charge in [0.15, 0.2) is 18.2 Å². The summed E-state index contributed by atoms with van der Waals surface area (Å²) in [7, 11) is 0. The number of Topliss-reactive ketones (excluding diaryl/α,β-unsaturated/α-hetero) is 1. The molecule has 3 rings (SSSR count). The number of hydrogen-bond donors (Lipinski definition) is 0. The predicted molar refractivity (Wildman–Crippen MR) is 123 cm³/mol. The summed E-state index contributed by atoms with van der Waals surface area (Å²) in [6, 6.07) is 10.2. The first-order valence-electron chi connectivity index (χ1n) is 10.7. The first-order valence-corrected chi connectivity index (χ1v) is 11.7. The molecule has 8 nitrogen and oxygen atoms in total. The minimum absolute atomic E-state index is 0.0730. The number of nitrogens with zero attached hydrogens (tertiary/aromatic N) is 2. The van der Waals surface area contributed by atoms with Crippen molar-refractivity contribution in [2.75, 3.05) is 38.5 Å². The maximum Gasteiger partial charge on any atom is 0.339 e. The molecular weight excluding hydrogens is 444 g/mol. The van der Waals surface area contributed by atoms with Crippen LogP contribution in [-0.2, 0) is 14.3 Å². The molecule has 0 aliphatic carbocycles. The van der Waals surface area contributed by atoms with Crippen molar-refractivity contribution in [3.63, 3.8) is 0 Å². The highest BCUT2D eigenvalue weighted by Crippen LogP contribution is 2.24. The molecule has 1 aromatic heterocycles. The number of hydrogen-bond acceptors (Lipinski definition) is 7. The fourth-order valence-corrected chi connectivity index (χ4v) is 4.08. The van der Waals surface area contributed by atoms with E-state index in [9.17, 15) is 19.2 Å². The van der Waals surface area contributed by atoms with E-state index in [4.69, 9.17) is 9.15 Å². The minimum Gasteiger partial charge on any atom is -0.459 e. The van der Waals surface area contributed by atoms with E-state index in [-0.39, 0.29) is 35.7 Å². The van der Waals surface area contributed by atoms with Gasteiger partial charge in [0, 0.05) is 36.5 Å². The van der Waals surface area contributed by atoms with Crippen LogP contribution in [0.15, 0.2) is 52.0 Å². The van der Waals surface area contributed by atoms with Gasteiger partial charge >= 0.3 is 5.97 Å². The van der Waals surface area contributed by atoms with E-state index in [0.29, 0.717) is 36.6 Å². The Morgan fingerprint density at radius 2 is 1.64 bits per heavy atom. The predicted octanol–water partition coefficient (Wildman–Crippen LogP) is 3.13. The molecule has 1 aliphatic heterocycles. The summed E-state index contributed by atoms with van der Waals surface area (Å²) in [5.41, 5.74) is -0.265. The van der Waals surface area contributed by atoms with Crippen LogP contribution in [0.5, 0.6) is 0 Å². The van der Waals surface area contributed by atoms with Crippen molar-refractivity contribution in [1.82, 2.24) is 9.80 Å². The summed E-state index contributed by atoms with van der Waals surface area (Å²) in [6.45, 7) is 6.75. The number of piperazine rings is 1. The van der Waals surface area contributed by atoms with E-state index >= 15 is 0 Å². The van der Waals surface area contributed by atoms with E-state index in [1.54, 1.807) is 67.0 Å². The van der Waals surface area contributed by atoms with E-state index in [1.807, 2.05) is 0 Å². The number of esters is 1. The summed E-state index contributed by atoms with van der Waals surface area (Å²) in [6.07, 6.45) is 1.46. The number of rotatable bonds is 7. The lowest BCUT2D eigenvalue weighted by molar-refractivity contribution is -0.130. The fraction of sp³-hybridized carbons (Fsp3) is 0.417. The fourth-order valence-electron chi connectivity index (χ4n) is 3.13. The monoisotopic (exact) mass is 472 g/mol. The highest BCUT2D eigenvalue weighted by molar-refractivity contribution is 8.00. The summed E-state index contributed by atoms with van der Waals surface area (Å²) >= 11 is 1.25. The third kappa shape index (κ3) is 6.47. The van der Waals surface area contributed by atoms with Gasteiger partial charge in [-0.25, -0.2) is 4.79 Å². The Balaban J connectivity index is 1.51. The number of amides is 2. The van der Waals surface area contributed by atoms with Crippen LogP contribution in [0.1, 0.15) is 41.7 Å². The third-order valence-electron chi connectivity index (χ3n) is 5.28. The summed E-state index contributed by atoms with van der Waals surface area (Å²) in [5, 5.41) is 0. The molecule has 1 fully saturated rings.